The minimum absolute atomic E-state index is 0.0318. The number of nitrogens with zero attached hydrogens (tertiary/aromatic N) is 1. The maximum absolute atomic E-state index is 11.9. The highest BCUT2D eigenvalue weighted by atomic mass is 16.5. The zero-order valence-electron chi connectivity index (χ0n) is 11.7. The van der Waals surface area contributed by atoms with Gasteiger partial charge >= 0.3 is 0 Å². The zero-order valence-corrected chi connectivity index (χ0v) is 11.7. The predicted molar refractivity (Wildman–Crippen MR) is 68.8 cm³/mol. The smallest absolute Gasteiger partial charge is 0.222 e. The second-order valence-electron chi connectivity index (χ2n) is 5.37. The summed E-state index contributed by atoms with van der Waals surface area (Å²) in [5.41, 5.74) is 0.197. The van der Waals surface area contributed by atoms with Crippen molar-refractivity contribution in [3.63, 3.8) is 0 Å². The second kappa shape index (κ2) is 8.48. The van der Waals surface area contributed by atoms with E-state index in [0.29, 0.717) is 32.7 Å². The van der Waals surface area contributed by atoms with Gasteiger partial charge in [0.15, 0.2) is 0 Å². The number of likely N-dealkylation sites (N-methyl/N-ethyl adjacent to an activating group) is 1. The molecule has 0 fully saturated rings. The van der Waals surface area contributed by atoms with Gasteiger partial charge in [-0.3, -0.25) is 4.79 Å². The SMILES string of the molecule is CCN(CCOCCO)C(=O)CCC(C)(C)C. The highest BCUT2D eigenvalue weighted by Crippen LogP contribution is 2.20. The Morgan fingerprint density at radius 1 is 1.29 bits per heavy atom. The third kappa shape index (κ3) is 9.12. The van der Waals surface area contributed by atoms with Crippen LogP contribution in [-0.4, -0.2) is 48.8 Å². The highest BCUT2D eigenvalue weighted by molar-refractivity contribution is 5.76. The van der Waals surface area contributed by atoms with E-state index < -0.39 is 0 Å². The molecule has 0 heterocycles. The van der Waals surface area contributed by atoms with Crippen molar-refractivity contribution in [2.75, 3.05) is 32.9 Å². The molecule has 1 N–H and O–H groups in total. The molecule has 0 aromatic carbocycles. The van der Waals surface area contributed by atoms with Crippen LogP contribution in [0.1, 0.15) is 40.5 Å². The monoisotopic (exact) mass is 245 g/mol. The Balaban J connectivity index is 3.87. The maximum atomic E-state index is 11.9. The fourth-order valence-corrected chi connectivity index (χ4v) is 1.44. The molecule has 0 aliphatic heterocycles. The van der Waals surface area contributed by atoms with Crippen LogP contribution in [0.3, 0.4) is 0 Å². The summed E-state index contributed by atoms with van der Waals surface area (Å²) in [6.07, 6.45) is 1.50. The zero-order chi connectivity index (χ0) is 13.3. The standard InChI is InChI=1S/C13H27NO3/c1-5-14(8-10-17-11-9-15)12(16)6-7-13(2,3)4/h15H,5-11H2,1-4H3. The van der Waals surface area contributed by atoms with Crippen LogP contribution >= 0.6 is 0 Å². The first kappa shape index (κ1) is 16.4. The lowest BCUT2D eigenvalue weighted by atomic mass is 9.90. The van der Waals surface area contributed by atoms with Crippen molar-refractivity contribution in [2.45, 2.75) is 40.5 Å². The van der Waals surface area contributed by atoms with Gasteiger partial charge in [0, 0.05) is 19.5 Å². The number of hydrogen-bond acceptors (Lipinski definition) is 3. The quantitative estimate of drug-likeness (QED) is 0.662. The topological polar surface area (TPSA) is 49.8 Å². The predicted octanol–water partition coefficient (Wildman–Crippen LogP) is 1.67. The van der Waals surface area contributed by atoms with E-state index in [1.807, 2.05) is 11.8 Å². The van der Waals surface area contributed by atoms with Gasteiger partial charge in [-0.25, -0.2) is 0 Å². The molecule has 0 unspecified atom stereocenters. The molecule has 0 aliphatic rings. The molecule has 1 amide bonds. The van der Waals surface area contributed by atoms with Gasteiger partial charge in [0.1, 0.15) is 0 Å². The van der Waals surface area contributed by atoms with E-state index in [4.69, 9.17) is 9.84 Å². The molecule has 0 radical (unpaired) electrons. The van der Waals surface area contributed by atoms with Crippen molar-refractivity contribution in [3.8, 4) is 0 Å². The number of carbonyl (C=O) groups excluding carboxylic acids is 1. The van der Waals surface area contributed by atoms with Crippen LogP contribution in [0.4, 0.5) is 0 Å². The molecule has 0 saturated carbocycles. The van der Waals surface area contributed by atoms with Gasteiger partial charge in [-0.1, -0.05) is 20.8 Å². The second-order valence-corrected chi connectivity index (χ2v) is 5.37. The fourth-order valence-electron chi connectivity index (χ4n) is 1.44. The van der Waals surface area contributed by atoms with Gasteiger partial charge in [0.25, 0.3) is 0 Å². The van der Waals surface area contributed by atoms with Crippen molar-refractivity contribution in [2.24, 2.45) is 5.41 Å². The fraction of sp³-hybridized carbons (Fsp3) is 0.923. The molecule has 102 valence electrons. The van der Waals surface area contributed by atoms with Crippen LogP contribution in [0.15, 0.2) is 0 Å². The van der Waals surface area contributed by atoms with Crippen molar-refractivity contribution in [1.29, 1.82) is 0 Å². The molecule has 17 heavy (non-hydrogen) atoms. The van der Waals surface area contributed by atoms with Crippen molar-refractivity contribution in [3.05, 3.63) is 0 Å². The molecule has 0 atom stereocenters. The Kier molecular flexibility index (Phi) is 8.17. The number of ether oxygens (including phenoxy) is 1. The summed E-state index contributed by atoms with van der Waals surface area (Å²) in [6, 6.07) is 0. The molecule has 4 heteroatoms. The summed E-state index contributed by atoms with van der Waals surface area (Å²) in [6.45, 7) is 10.6. The van der Waals surface area contributed by atoms with Gasteiger partial charge in [0.2, 0.25) is 5.91 Å². The number of carbonyl (C=O) groups is 1. The lowest BCUT2D eigenvalue weighted by Gasteiger charge is -2.23. The first-order valence-corrected chi connectivity index (χ1v) is 6.37. The molecular formula is C13H27NO3. The van der Waals surface area contributed by atoms with E-state index in [1.165, 1.54) is 0 Å². The Morgan fingerprint density at radius 2 is 1.94 bits per heavy atom. The Hall–Kier alpha value is -0.610. The number of aliphatic hydroxyl groups excluding tert-OH is 1. The van der Waals surface area contributed by atoms with E-state index in [-0.39, 0.29) is 17.9 Å². The van der Waals surface area contributed by atoms with Crippen LogP contribution in [0.2, 0.25) is 0 Å². The summed E-state index contributed by atoms with van der Waals surface area (Å²) in [5.74, 6) is 0.190. The molecule has 0 aromatic heterocycles. The minimum Gasteiger partial charge on any atom is -0.394 e. The first-order chi connectivity index (χ1) is 7.90. The Morgan fingerprint density at radius 3 is 2.41 bits per heavy atom. The summed E-state index contributed by atoms with van der Waals surface area (Å²) >= 11 is 0. The van der Waals surface area contributed by atoms with Gasteiger partial charge in [-0.2, -0.15) is 0 Å². The lowest BCUT2D eigenvalue weighted by molar-refractivity contribution is -0.132. The molecule has 0 rings (SSSR count). The largest absolute Gasteiger partial charge is 0.394 e. The van der Waals surface area contributed by atoms with Gasteiger partial charge in [-0.15, -0.1) is 0 Å². The average Bonchev–Trinajstić information content (AvgIpc) is 2.25. The summed E-state index contributed by atoms with van der Waals surface area (Å²) in [5, 5.41) is 8.57. The number of aliphatic hydroxyl groups is 1. The molecule has 0 saturated heterocycles. The third-order valence-electron chi connectivity index (χ3n) is 2.56. The van der Waals surface area contributed by atoms with Crippen LogP contribution in [0, 0.1) is 5.41 Å². The molecule has 0 aromatic rings. The van der Waals surface area contributed by atoms with Gasteiger partial charge in [0.05, 0.1) is 19.8 Å². The summed E-state index contributed by atoms with van der Waals surface area (Å²) < 4.78 is 5.17. The number of amides is 1. The van der Waals surface area contributed by atoms with E-state index in [1.54, 1.807) is 0 Å². The molecule has 0 bridgehead atoms. The molecule has 0 aliphatic carbocycles. The summed E-state index contributed by atoms with van der Waals surface area (Å²) in [4.78, 5) is 13.7. The van der Waals surface area contributed by atoms with Crippen LogP contribution in [0.5, 0.6) is 0 Å². The number of hydrogen-bond donors (Lipinski definition) is 1. The van der Waals surface area contributed by atoms with Gasteiger partial charge < -0.3 is 14.7 Å². The normalized spacial score (nSPS) is 11.6. The van der Waals surface area contributed by atoms with E-state index >= 15 is 0 Å². The van der Waals surface area contributed by atoms with Crippen LogP contribution in [0.25, 0.3) is 0 Å². The molecule has 0 spiro atoms. The lowest BCUT2D eigenvalue weighted by Crippen LogP contribution is -2.34. The maximum Gasteiger partial charge on any atom is 0.222 e. The molecular weight excluding hydrogens is 218 g/mol. The minimum atomic E-state index is 0.0318. The average molecular weight is 245 g/mol. The number of rotatable bonds is 8. The first-order valence-electron chi connectivity index (χ1n) is 6.37. The van der Waals surface area contributed by atoms with Crippen molar-refractivity contribution in [1.82, 2.24) is 4.90 Å². The third-order valence-corrected chi connectivity index (χ3v) is 2.56. The summed E-state index contributed by atoms with van der Waals surface area (Å²) in [7, 11) is 0. The Bertz CT molecular complexity index is 211. The van der Waals surface area contributed by atoms with E-state index in [9.17, 15) is 4.79 Å². The Labute approximate surface area is 105 Å². The van der Waals surface area contributed by atoms with Gasteiger partial charge in [-0.05, 0) is 18.8 Å². The van der Waals surface area contributed by atoms with Crippen molar-refractivity contribution < 1.29 is 14.6 Å². The van der Waals surface area contributed by atoms with Crippen LogP contribution < -0.4 is 0 Å². The highest BCUT2D eigenvalue weighted by Gasteiger charge is 2.16. The van der Waals surface area contributed by atoms with E-state index in [0.717, 1.165) is 6.42 Å². The molecule has 4 nitrogen and oxygen atoms in total. The van der Waals surface area contributed by atoms with E-state index in [2.05, 4.69) is 20.8 Å². The van der Waals surface area contributed by atoms with Crippen LogP contribution in [-0.2, 0) is 9.53 Å². The van der Waals surface area contributed by atoms with Crippen molar-refractivity contribution >= 4 is 5.91 Å².